The van der Waals surface area contributed by atoms with E-state index in [0.29, 0.717) is 12.5 Å². The second-order valence-electron chi connectivity index (χ2n) is 5.57. The van der Waals surface area contributed by atoms with Gasteiger partial charge in [0.2, 0.25) is 0 Å². The normalized spacial score (nSPS) is 13.5. The van der Waals surface area contributed by atoms with Gasteiger partial charge in [0.15, 0.2) is 0 Å². The Morgan fingerprint density at radius 1 is 1.33 bits per heavy atom. The van der Waals surface area contributed by atoms with E-state index in [2.05, 4.69) is 0 Å². The number of benzene rings is 1. The topological polar surface area (TPSA) is 70.2 Å². The summed E-state index contributed by atoms with van der Waals surface area (Å²) in [7, 11) is 0. The first-order valence-corrected chi connectivity index (χ1v) is 7.64. The van der Waals surface area contributed by atoms with Crippen molar-refractivity contribution in [1.29, 1.82) is 5.41 Å². The molecular weight excluding hydrogens is 319 g/mol. The van der Waals surface area contributed by atoms with Crippen molar-refractivity contribution in [3.05, 3.63) is 47.7 Å². The number of carbonyl (C=O) groups is 1. The molecule has 0 radical (unpaired) electrons. The molecule has 1 aromatic rings. The molecule has 0 aliphatic rings. The van der Waals surface area contributed by atoms with Gasteiger partial charge in [0.05, 0.1) is 0 Å². The third kappa shape index (κ3) is 5.72. The summed E-state index contributed by atoms with van der Waals surface area (Å²) in [4.78, 5) is 13.9. The van der Waals surface area contributed by atoms with Crippen molar-refractivity contribution in [3.63, 3.8) is 0 Å². The summed E-state index contributed by atoms with van der Waals surface area (Å²) in [5, 5.41) is 7.68. The van der Waals surface area contributed by atoms with E-state index >= 15 is 0 Å². The van der Waals surface area contributed by atoms with Gasteiger partial charge < -0.3 is 10.6 Å². The van der Waals surface area contributed by atoms with E-state index < -0.39 is 23.5 Å². The zero-order chi connectivity index (χ0) is 18.3. The molecule has 4 nitrogen and oxygen atoms in total. The molecule has 0 aromatic heterocycles. The Hall–Kier alpha value is -2.31. The van der Waals surface area contributed by atoms with Crippen LogP contribution in [0, 0.1) is 5.41 Å². The minimum Gasteiger partial charge on any atom is -0.395 e. The van der Waals surface area contributed by atoms with Gasteiger partial charge >= 0.3 is 6.18 Å². The highest BCUT2D eigenvalue weighted by Gasteiger charge is 2.33. The number of rotatable bonds is 7. The molecule has 1 rings (SSSR count). The molecule has 0 heterocycles. The van der Waals surface area contributed by atoms with Gasteiger partial charge in [-0.25, -0.2) is 0 Å². The Bertz CT molecular complexity index is 597. The second-order valence-corrected chi connectivity index (χ2v) is 5.57. The third-order valence-electron chi connectivity index (χ3n) is 3.55. The number of nitrogens with two attached hydrogens (primary N) is 1. The molecule has 3 N–H and O–H groups in total. The Balaban J connectivity index is 3.01. The van der Waals surface area contributed by atoms with Crippen molar-refractivity contribution < 1.29 is 18.0 Å². The number of alkyl halides is 3. The van der Waals surface area contributed by atoms with Gasteiger partial charge in [-0.15, -0.1) is 0 Å². The molecule has 24 heavy (non-hydrogen) atoms. The van der Waals surface area contributed by atoms with Crippen LogP contribution in [0.3, 0.4) is 0 Å². The number of hydrogen-bond donors (Lipinski definition) is 2. The molecule has 0 aliphatic carbocycles. The summed E-state index contributed by atoms with van der Waals surface area (Å²) in [6.45, 7) is 3.99. The molecule has 132 valence electrons. The van der Waals surface area contributed by atoms with Crippen molar-refractivity contribution in [3.8, 4) is 0 Å². The molecule has 0 saturated heterocycles. The molecule has 0 saturated carbocycles. The lowest BCUT2D eigenvalue weighted by molar-refractivity contribution is -0.126. The Kier molecular flexibility index (Phi) is 7.00. The van der Waals surface area contributed by atoms with Gasteiger partial charge in [-0.05, 0) is 25.0 Å². The average Bonchev–Trinajstić information content (AvgIpc) is 2.52. The van der Waals surface area contributed by atoms with Gasteiger partial charge in [-0.1, -0.05) is 43.7 Å². The van der Waals surface area contributed by atoms with E-state index in [1.54, 1.807) is 0 Å². The van der Waals surface area contributed by atoms with Crippen molar-refractivity contribution in [2.75, 3.05) is 0 Å². The largest absolute Gasteiger partial charge is 0.430 e. The quantitative estimate of drug-likeness (QED) is 0.744. The van der Waals surface area contributed by atoms with Crippen LogP contribution in [0.1, 0.15) is 32.3 Å². The molecule has 0 bridgehead atoms. The number of carbonyl (C=O) groups excluding carboxylic acids is 1. The molecule has 1 amide bonds. The number of halogens is 3. The summed E-state index contributed by atoms with van der Waals surface area (Å²) >= 11 is 0. The first-order chi connectivity index (χ1) is 11.2. The highest BCUT2D eigenvalue weighted by Crippen LogP contribution is 2.21. The standard InChI is InChI=1S/C17H22F3N3O/c1-3-7-12(2)23(11-13-8-5-4-6-9-13)16(24)14(21)10-15(22)17(18,19)20/h4-6,8-10,12,21H,3,7,11,22H2,1-2H3. The highest BCUT2D eigenvalue weighted by atomic mass is 19.4. The van der Waals surface area contributed by atoms with E-state index in [1.165, 1.54) is 4.90 Å². The summed E-state index contributed by atoms with van der Waals surface area (Å²) in [5.74, 6) is -0.771. The zero-order valence-corrected chi connectivity index (χ0v) is 13.7. The molecule has 1 atom stereocenters. The Labute approximate surface area is 139 Å². The average molecular weight is 341 g/mol. The molecule has 1 unspecified atom stereocenters. The van der Waals surface area contributed by atoms with Crippen LogP contribution in [0.15, 0.2) is 42.1 Å². The van der Waals surface area contributed by atoms with Crippen LogP contribution in [0.4, 0.5) is 13.2 Å². The number of hydrogen-bond acceptors (Lipinski definition) is 3. The Morgan fingerprint density at radius 2 is 1.92 bits per heavy atom. The van der Waals surface area contributed by atoms with Gasteiger partial charge in [0.1, 0.15) is 11.4 Å². The van der Waals surface area contributed by atoms with E-state index in [9.17, 15) is 18.0 Å². The fourth-order valence-corrected chi connectivity index (χ4v) is 2.24. The smallest absolute Gasteiger partial charge is 0.395 e. The summed E-state index contributed by atoms with van der Waals surface area (Å²) < 4.78 is 37.5. The van der Waals surface area contributed by atoms with E-state index in [0.717, 1.165) is 12.0 Å². The molecule has 0 fully saturated rings. The van der Waals surface area contributed by atoms with Crippen LogP contribution in [0.2, 0.25) is 0 Å². The summed E-state index contributed by atoms with van der Waals surface area (Å²) in [6, 6.07) is 8.90. The SMILES string of the molecule is CCCC(C)N(Cc1ccccc1)C(=O)C(=N)C=C(N)C(F)(F)F. The summed E-state index contributed by atoms with van der Waals surface area (Å²) in [6.07, 6.45) is -2.89. The predicted molar refractivity (Wildman–Crippen MR) is 87.4 cm³/mol. The molecule has 7 heteroatoms. The third-order valence-corrected chi connectivity index (χ3v) is 3.55. The van der Waals surface area contributed by atoms with Gasteiger partial charge in [0, 0.05) is 12.6 Å². The second kappa shape index (κ2) is 8.52. The number of allylic oxidation sites excluding steroid dienone is 1. The van der Waals surface area contributed by atoms with Crippen molar-refractivity contribution in [2.24, 2.45) is 5.73 Å². The minimum atomic E-state index is -4.76. The number of amides is 1. The highest BCUT2D eigenvalue weighted by molar-refractivity contribution is 6.42. The number of nitrogens with zero attached hydrogens (tertiary/aromatic N) is 1. The lowest BCUT2D eigenvalue weighted by atomic mass is 10.1. The van der Waals surface area contributed by atoms with E-state index in [1.807, 2.05) is 44.2 Å². The zero-order valence-electron chi connectivity index (χ0n) is 13.7. The van der Waals surface area contributed by atoms with Gasteiger partial charge in [-0.3, -0.25) is 10.2 Å². The van der Waals surface area contributed by atoms with Gasteiger partial charge in [-0.2, -0.15) is 13.2 Å². The number of nitrogens with one attached hydrogen (secondary N) is 1. The first-order valence-electron chi connectivity index (χ1n) is 7.64. The van der Waals surface area contributed by atoms with E-state index in [4.69, 9.17) is 11.1 Å². The summed E-state index contributed by atoms with van der Waals surface area (Å²) in [5.41, 5.74) is 3.51. The van der Waals surface area contributed by atoms with Crippen LogP contribution in [-0.2, 0) is 11.3 Å². The van der Waals surface area contributed by atoms with Gasteiger partial charge in [0.25, 0.3) is 5.91 Å². The monoisotopic (exact) mass is 341 g/mol. The maximum atomic E-state index is 12.5. The lowest BCUT2D eigenvalue weighted by Gasteiger charge is -2.29. The maximum Gasteiger partial charge on any atom is 0.430 e. The fourth-order valence-electron chi connectivity index (χ4n) is 2.24. The predicted octanol–water partition coefficient (Wildman–Crippen LogP) is 3.63. The molecule has 1 aromatic carbocycles. The minimum absolute atomic E-state index is 0.205. The van der Waals surface area contributed by atoms with Crippen molar-refractivity contribution in [2.45, 2.75) is 45.5 Å². The van der Waals surface area contributed by atoms with Crippen LogP contribution in [0.5, 0.6) is 0 Å². The van der Waals surface area contributed by atoms with Crippen LogP contribution >= 0.6 is 0 Å². The van der Waals surface area contributed by atoms with Crippen LogP contribution < -0.4 is 5.73 Å². The van der Waals surface area contributed by atoms with Crippen LogP contribution in [0.25, 0.3) is 0 Å². The van der Waals surface area contributed by atoms with E-state index in [-0.39, 0.29) is 12.6 Å². The maximum absolute atomic E-state index is 12.5. The van der Waals surface area contributed by atoms with Crippen molar-refractivity contribution in [1.82, 2.24) is 4.90 Å². The molecular formula is C17H22F3N3O. The molecule has 0 spiro atoms. The van der Waals surface area contributed by atoms with Crippen molar-refractivity contribution >= 4 is 11.6 Å². The lowest BCUT2D eigenvalue weighted by Crippen LogP contribution is -2.41. The Morgan fingerprint density at radius 3 is 2.42 bits per heavy atom. The first kappa shape index (κ1) is 19.7. The molecule has 0 aliphatic heterocycles. The van der Waals surface area contributed by atoms with Crippen LogP contribution in [-0.4, -0.2) is 28.7 Å². The fraction of sp³-hybridized carbons (Fsp3) is 0.412.